The van der Waals surface area contributed by atoms with E-state index in [-0.39, 0.29) is 11.2 Å². The minimum atomic E-state index is -3.07. The van der Waals surface area contributed by atoms with E-state index in [1.807, 2.05) is 0 Å². The van der Waals surface area contributed by atoms with Gasteiger partial charge in [0, 0.05) is 0 Å². The molecule has 0 unspecified atom stereocenters. The normalized spacial score (nSPS) is 12.9. The molecule has 0 spiro atoms. The van der Waals surface area contributed by atoms with Crippen LogP contribution in [0, 0.1) is 5.41 Å². The fourth-order valence-electron chi connectivity index (χ4n) is 1.38. The Hall–Kier alpha value is -0.390. The van der Waals surface area contributed by atoms with Crippen molar-refractivity contribution in [1.82, 2.24) is 0 Å². The van der Waals surface area contributed by atoms with Crippen LogP contribution in [-0.2, 0) is 9.84 Å². The summed E-state index contributed by atoms with van der Waals surface area (Å²) in [6, 6.07) is 3.43. The Morgan fingerprint density at radius 3 is 2.62 bits per heavy atom. The lowest BCUT2D eigenvalue weighted by Gasteiger charge is -2.21. The average molecular weight is 261 g/mol. The third-order valence-electron chi connectivity index (χ3n) is 2.62. The summed E-state index contributed by atoms with van der Waals surface area (Å²) >= 11 is 1.28. The highest BCUT2D eigenvalue weighted by Crippen LogP contribution is 2.23. The molecular weight excluding hydrogens is 242 g/mol. The number of hydrogen-bond acceptors (Lipinski definition) is 4. The number of rotatable bonds is 6. The summed E-state index contributed by atoms with van der Waals surface area (Å²) in [6.07, 6.45) is 1.51. The van der Waals surface area contributed by atoms with E-state index in [2.05, 4.69) is 13.8 Å². The molecule has 0 radical (unpaired) electrons. The van der Waals surface area contributed by atoms with Crippen molar-refractivity contribution in [3.05, 3.63) is 17.5 Å². The lowest BCUT2D eigenvalue weighted by Crippen LogP contribution is -2.24. The van der Waals surface area contributed by atoms with Crippen LogP contribution < -0.4 is 5.73 Å². The van der Waals surface area contributed by atoms with Gasteiger partial charge in [-0.2, -0.15) is 0 Å². The third kappa shape index (κ3) is 3.88. The molecular formula is C11H19NO2S2. The van der Waals surface area contributed by atoms with Crippen LogP contribution in [0.3, 0.4) is 0 Å². The van der Waals surface area contributed by atoms with Gasteiger partial charge < -0.3 is 5.73 Å². The monoisotopic (exact) mass is 261 g/mol. The van der Waals surface area contributed by atoms with Crippen LogP contribution in [-0.4, -0.2) is 20.7 Å². The van der Waals surface area contributed by atoms with Crippen LogP contribution in [0.15, 0.2) is 21.7 Å². The molecule has 0 aromatic carbocycles. The summed E-state index contributed by atoms with van der Waals surface area (Å²) in [5.41, 5.74) is 5.64. The highest BCUT2D eigenvalue weighted by molar-refractivity contribution is 7.93. The Morgan fingerprint density at radius 1 is 1.44 bits per heavy atom. The number of sulfone groups is 1. The maximum Gasteiger partial charge on any atom is 0.187 e. The summed E-state index contributed by atoms with van der Waals surface area (Å²) < 4.78 is 24.2. The van der Waals surface area contributed by atoms with E-state index in [9.17, 15) is 8.42 Å². The van der Waals surface area contributed by atoms with Crippen LogP contribution in [0.4, 0.5) is 0 Å². The molecule has 0 atom stereocenters. The Bertz CT molecular complexity index is 407. The molecule has 0 fully saturated rings. The molecule has 0 aliphatic carbocycles. The van der Waals surface area contributed by atoms with Gasteiger partial charge in [0.05, 0.1) is 5.75 Å². The molecule has 1 rings (SSSR count). The van der Waals surface area contributed by atoms with Crippen LogP contribution in [0.2, 0.25) is 0 Å². The first-order chi connectivity index (χ1) is 7.37. The van der Waals surface area contributed by atoms with Crippen molar-refractivity contribution in [2.24, 2.45) is 11.1 Å². The molecule has 92 valence electrons. The van der Waals surface area contributed by atoms with Gasteiger partial charge in [-0.1, -0.05) is 19.9 Å². The molecule has 0 amide bonds. The smallest absolute Gasteiger partial charge is 0.187 e. The number of thiophene rings is 1. The van der Waals surface area contributed by atoms with E-state index < -0.39 is 9.84 Å². The molecule has 1 aromatic heterocycles. The van der Waals surface area contributed by atoms with Crippen molar-refractivity contribution < 1.29 is 8.42 Å². The molecule has 0 saturated heterocycles. The van der Waals surface area contributed by atoms with Crippen molar-refractivity contribution in [2.45, 2.75) is 30.9 Å². The summed E-state index contributed by atoms with van der Waals surface area (Å²) in [4.78, 5) is 0. The van der Waals surface area contributed by atoms with Crippen molar-refractivity contribution in [3.8, 4) is 0 Å². The van der Waals surface area contributed by atoms with Gasteiger partial charge in [-0.15, -0.1) is 11.3 Å². The van der Waals surface area contributed by atoms with E-state index in [4.69, 9.17) is 5.73 Å². The molecule has 5 heteroatoms. The lowest BCUT2D eigenvalue weighted by atomic mass is 9.88. The van der Waals surface area contributed by atoms with Crippen LogP contribution in [0.5, 0.6) is 0 Å². The Kier molecular flexibility index (Phi) is 4.52. The first-order valence-corrected chi connectivity index (χ1v) is 7.87. The first kappa shape index (κ1) is 13.7. The second-order valence-electron chi connectivity index (χ2n) is 4.72. The second kappa shape index (κ2) is 5.29. The average Bonchev–Trinajstić information content (AvgIpc) is 2.70. The molecule has 0 aliphatic heterocycles. The van der Waals surface area contributed by atoms with Gasteiger partial charge in [-0.25, -0.2) is 8.42 Å². The standard InChI is InChI=1S/C11H19NO2S2/c1-11(2,9-12)6-4-8-16(13,14)10-5-3-7-15-10/h3,5,7H,4,6,8-9,12H2,1-2H3. The molecule has 0 aliphatic rings. The summed E-state index contributed by atoms with van der Waals surface area (Å²) in [5.74, 6) is 0.219. The van der Waals surface area contributed by atoms with Gasteiger partial charge in [-0.3, -0.25) is 0 Å². The van der Waals surface area contributed by atoms with Gasteiger partial charge >= 0.3 is 0 Å². The van der Waals surface area contributed by atoms with E-state index in [1.54, 1.807) is 17.5 Å². The zero-order chi connectivity index (χ0) is 12.2. The molecule has 1 aromatic rings. The van der Waals surface area contributed by atoms with Crippen LogP contribution in [0.25, 0.3) is 0 Å². The van der Waals surface area contributed by atoms with Gasteiger partial charge in [0.1, 0.15) is 4.21 Å². The zero-order valence-electron chi connectivity index (χ0n) is 9.77. The molecule has 0 bridgehead atoms. The maximum atomic E-state index is 11.8. The Labute approximate surface area is 102 Å². The highest BCUT2D eigenvalue weighted by atomic mass is 32.2. The summed E-state index contributed by atoms with van der Waals surface area (Å²) in [5, 5.41) is 1.79. The van der Waals surface area contributed by atoms with Gasteiger partial charge in [0.2, 0.25) is 0 Å². The third-order valence-corrected chi connectivity index (χ3v) is 5.91. The highest BCUT2D eigenvalue weighted by Gasteiger charge is 2.19. The van der Waals surface area contributed by atoms with Gasteiger partial charge in [0.15, 0.2) is 9.84 Å². The van der Waals surface area contributed by atoms with Gasteiger partial charge in [0.25, 0.3) is 0 Å². The Balaban J connectivity index is 2.51. The minimum absolute atomic E-state index is 0.0327. The van der Waals surface area contributed by atoms with Crippen molar-refractivity contribution >= 4 is 21.2 Å². The number of hydrogen-bond donors (Lipinski definition) is 1. The van der Waals surface area contributed by atoms with E-state index in [1.165, 1.54) is 11.3 Å². The number of nitrogens with two attached hydrogens (primary N) is 1. The predicted octanol–water partition coefficient (Wildman–Crippen LogP) is 2.29. The fraction of sp³-hybridized carbons (Fsp3) is 0.636. The lowest BCUT2D eigenvalue weighted by molar-refractivity contribution is 0.344. The first-order valence-electron chi connectivity index (χ1n) is 5.34. The van der Waals surface area contributed by atoms with Gasteiger partial charge in [-0.05, 0) is 36.2 Å². The van der Waals surface area contributed by atoms with Crippen LogP contribution >= 0.6 is 11.3 Å². The maximum absolute atomic E-state index is 11.8. The van der Waals surface area contributed by atoms with E-state index in [0.717, 1.165) is 6.42 Å². The van der Waals surface area contributed by atoms with E-state index >= 15 is 0 Å². The molecule has 0 saturated carbocycles. The largest absolute Gasteiger partial charge is 0.330 e. The molecule has 16 heavy (non-hydrogen) atoms. The summed E-state index contributed by atoms with van der Waals surface area (Å²) in [6.45, 7) is 4.71. The van der Waals surface area contributed by atoms with Crippen molar-refractivity contribution in [1.29, 1.82) is 0 Å². The quantitative estimate of drug-likeness (QED) is 0.854. The zero-order valence-corrected chi connectivity index (χ0v) is 11.4. The second-order valence-corrected chi connectivity index (χ2v) is 8.01. The molecule has 2 N–H and O–H groups in total. The fourth-order valence-corrected chi connectivity index (χ4v) is 3.85. The summed E-state index contributed by atoms with van der Waals surface area (Å²) in [7, 11) is -3.07. The Morgan fingerprint density at radius 2 is 2.12 bits per heavy atom. The van der Waals surface area contributed by atoms with Crippen molar-refractivity contribution in [3.63, 3.8) is 0 Å². The van der Waals surface area contributed by atoms with Crippen molar-refractivity contribution in [2.75, 3.05) is 12.3 Å². The minimum Gasteiger partial charge on any atom is -0.330 e. The van der Waals surface area contributed by atoms with E-state index in [0.29, 0.717) is 17.2 Å². The van der Waals surface area contributed by atoms with Crippen LogP contribution in [0.1, 0.15) is 26.7 Å². The molecule has 3 nitrogen and oxygen atoms in total. The SMILES string of the molecule is CC(C)(CN)CCCS(=O)(=O)c1cccs1. The topological polar surface area (TPSA) is 60.2 Å². The predicted molar refractivity (Wildman–Crippen MR) is 68.4 cm³/mol. The molecule has 1 heterocycles.